The molecule has 2 fully saturated rings. The SMILES string of the molecule is CC(C)(C)OC(=O)N1CCC2(CC1)C[C@@H](n1cnc3ccc(Oc4c(F)ccc(F)c4C#N)c(Cl)c3c1=O)CO2. The van der Waals surface area contributed by atoms with Crippen LogP contribution in [0.2, 0.25) is 5.02 Å². The number of nitrogens with zero attached hydrogens (tertiary/aromatic N) is 4. The number of piperidine rings is 1. The molecule has 2 aliphatic heterocycles. The highest BCUT2D eigenvalue weighted by Crippen LogP contribution is 2.41. The first-order chi connectivity index (χ1) is 18.9. The summed E-state index contributed by atoms with van der Waals surface area (Å²) in [6.45, 7) is 6.68. The van der Waals surface area contributed by atoms with Gasteiger partial charge in [-0.05, 0) is 64.3 Å². The molecule has 9 nitrogen and oxygen atoms in total. The van der Waals surface area contributed by atoms with Crippen LogP contribution in [0.25, 0.3) is 10.9 Å². The minimum Gasteiger partial charge on any atom is -0.451 e. The van der Waals surface area contributed by atoms with Crippen LogP contribution < -0.4 is 10.3 Å². The molecule has 40 heavy (non-hydrogen) atoms. The lowest BCUT2D eigenvalue weighted by molar-refractivity contribution is -0.0486. The van der Waals surface area contributed by atoms with Crippen molar-refractivity contribution in [3.05, 3.63) is 63.2 Å². The van der Waals surface area contributed by atoms with E-state index in [0.717, 1.165) is 12.1 Å². The van der Waals surface area contributed by atoms with Gasteiger partial charge in [-0.2, -0.15) is 5.26 Å². The molecular weight excluding hydrogens is 546 g/mol. The van der Waals surface area contributed by atoms with E-state index in [1.165, 1.54) is 23.0 Å². The second-order valence-electron chi connectivity index (χ2n) is 11.0. The van der Waals surface area contributed by atoms with E-state index in [2.05, 4.69) is 4.98 Å². The molecule has 2 saturated heterocycles. The lowest BCUT2D eigenvalue weighted by atomic mass is 9.87. The smallest absolute Gasteiger partial charge is 0.410 e. The molecule has 1 spiro atoms. The Morgan fingerprint density at radius 1 is 1.20 bits per heavy atom. The number of likely N-dealkylation sites (tertiary alicyclic amines) is 1. The largest absolute Gasteiger partial charge is 0.451 e. The highest BCUT2D eigenvalue weighted by molar-refractivity contribution is 6.36. The Labute approximate surface area is 233 Å². The minimum absolute atomic E-state index is 0.0395. The van der Waals surface area contributed by atoms with Gasteiger partial charge in [0.05, 0.1) is 40.5 Å². The van der Waals surface area contributed by atoms with Gasteiger partial charge in [0.2, 0.25) is 0 Å². The Morgan fingerprint density at radius 3 is 2.58 bits per heavy atom. The molecule has 12 heteroatoms. The number of carbonyl (C=O) groups excluding carboxylic acids is 1. The van der Waals surface area contributed by atoms with Crippen LogP contribution in [-0.4, -0.2) is 51.4 Å². The van der Waals surface area contributed by atoms with E-state index < -0.39 is 39.7 Å². The fourth-order valence-corrected chi connectivity index (χ4v) is 5.40. The number of benzene rings is 2. The third-order valence-corrected chi connectivity index (χ3v) is 7.52. The third-order valence-electron chi connectivity index (χ3n) is 7.15. The van der Waals surface area contributed by atoms with Gasteiger partial charge in [0.1, 0.15) is 28.8 Å². The van der Waals surface area contributed by atoms with Crippen molar-refractivity contribution in [2.75, 3.05) is 19.7 Å². The maximum Gasteiger partial charge on any atom is 0.410 e. The number of carbonyl (C=O) groups is 1. The molecule has 0 saturated carbocycles. The summed E-state index contributed by atoms with van der Waals surface area (Å²) in [6, 6.07) is 5.76. The summed E-state index contributed by atoms with van der Waals surface area (Å²) in [4.78, 5) is 32.1. The van der Waals surface area contributed by atoms with Crippen molar-refractivity contribution >= 4 is 28.6 Å². The number of hydrogen-bond donors (Lipinski definition) is 0. The second kappa shape index (κ2) is 10.3. The maximum absolute atomic E-state index is 14.4. The summed E-state index contributed by atoms with van der Waals surface area (Å²) >= 11 is 6.54. The van der Waals surface area contributed by atoms with Crippen LogP contribution in [0, 0.1) is 23.0 Å². The molecule has 0 unspecified atom stereocenters. The standard InChI is InChI=1S/C28H27ClF2N4O5/c1-27(2,3)40-26(37)34-10-8-28(9-11-34)12-16(14-38-28)35-15-33-20-6-7-21(23(29)22(20)25(35)36)39-24-17(13-32)18(30)4-5-19(24)31/h4-7,15-16H,8-12,14H2,1-3H3/t16-/m1/s1. The van der Waals surface area contributed by atoms with Crippen LogP contribution in [0.3, 0.4) is 0 Å². The maximum atomic E-state index is 14.4. The first kappa shape index (κ1) is 27.8. The number of halogens is 3. The highest BCUT2D eigenvalue weighted by atomic mass is 35.5. The Balaban J connectivity index is 1.38. The lowest BCUT2D eigenvalue weighted by Gasteiger charge is -2.39. The molecule has 1 amide bonds. The predicted molar refractivity (Wildman–Crippen MR) is 142 cm³/mol. The lowest BCUT2D eigenvalue weighted by Crippen LogP contribution is -2.48. The summed E-state index contributed by atoms with van der Waals surface area (Å²) in [5, 5.41) is 9.16. The normalized spacial score (nSPS) is 18.6. The zero-order valence-corrected chi connectivity index (χ0v) is 22.9. The molecule has 0 radical (unpaired) electrons. The topological polar surface area (TPSA) is 107 Å². The quantitative estimate of drug-likeness (QED) is 0.395. The molecule has 5 rings (SSSR count). The number of aromatic nitrogens is 2. The number of nitriles is 1. The molecule has 0 bridgehead atoms. The van der Waals surface area contributed by atoms with Crippen molar-refractivity contribution in [1.82, 2.24) is 14.5 Å². The third kappa shape index (κ3) is 5.21. The van der Waals surface area contributed by atoms with Crippen LogP contribution >= 0.6 is 11.6 Å². The summed E-state index contributed by atoms with van der Waals surface area (Å²) in [5.74, 6) is -2.66. The molecule has 210 valence electrons. The Hall–Kier alpha value is -3.75. The van der Waals surface area contributed by atoms with Crippen LogP contribution in [-0.2, 0) is 9.47 Å². The van der Waals surface area contributed by atoms with Gasteiger partial charge in [0.15, 0.2) is 11.6 Å². The van der Waals surface area contributed by atoms with E-state index >= 15 is 0 Å². The number of fused-ring (bicyclic) bond motifs is 1. The summed E-state index contributed by atoms with van der Waals surface area (Å²) in [6.07, 6.45) is 2.80. The first-order valence-electron chi connectivity index (χ1n) is 12.8. The predicted octanol–water partition coefficient (Wildman–Crippen LogP) is 5.72. The van der Waals surface area contributed by atoms with Crippen LogP contribution in [0.4, 0.5) is 13.6 Å². The van der Waals surface area contributed by atoms with Crippen molar-refractivity contribution in [2.24, 2.45) is 0 Å². The Bertz CT molecular complexity index is 1590. The van der Waals surface area contributed by atoms with Crippen LogP contribution in [0.1, 0.15) is 51.6 Å². The van der Waals surface area contributed by atoms with Gasteiger partial charge in [-0.3, -0.25) is 9.36 Å². The van der Waals surface area contributed by atoms with Crippen molar-refractivity contribution in [2.45, 2.75) is 57.3 Å². The summed E-state index contributed by atoms with van der Waals surface area (Å²) in [7, 11) is 0. The van der Waals surface area contributed by atoms with Gasteiger partial charge in [-0.1, -0.05) is 11.6 Å². The Morgan fingerprint density at radius 2 is 1.90 bits per heavy atom. The van der Waals surface area contributed by atoms with Gasteiger partial charge in [-0.25, -0.2) is 18.6 Å². The zero-order chi connectivity index (χ0) is 28.8. The van der Waals surface area contributed by atoms with E-state index in [1.807, 2.05) is 20.8 Å². The first-order valence-corrected chi connectivity index (χ1v) is 13.2. The number of ether oxygens (including phenoxy) is 3. The Kier molecular flexibility index (Phi) is 7.18. The molecule has 1 aromatic heterocycles. The molecule has 3 heterocycles. The van der Waals surface area contributed by atoms with Gasteiger partial charge in [0, 0.05) is 13.1 Å². The van der Waals surface area contributed by atoms with Gasteiger partial charge < -0.3 is 19.1 Å². The second-order valence-corrected chi connectivity index (χ2v) is 11.4. The molecule has 0 aliphatic carbocycles. The summed E-state index contributed by atoms with van der Waals surface area (Å²) < 4.78 is 47.1. The van der Waals surface area contributed by atoms with E-state index in [-0.39, 0.29) is 40.4 Å². The van der Waals surface area contributed by atoms with Gasteiger partial charge in [0.25, 0.3) is 5.56 Å². The van der Waals surface area contributed by atoms with Crippen LogP contribution in [0.15, 0.2) is 35.4 Å². The average molecular weight is 573 g/mol. The number of amides is 1. The van der Waals surface area contributed by atoms with Crippen molar-refractivity contribution in [3.8, 4) is 17.6 Å². The highest BCUT2D eigenvalue weighted by Gasteiger charge is 2.45. The minimum atomic E-state index is -0.955. The summed E-state index contributed by atoms with van der Waals surface area (Å²) in [5.41, 5.74) is -1.85. The van der Waals surface area contributed by atoms with Gasteiger partial charge in [-0.15, -0.1) is 0 Å². The van der Waals surface area contributed by atoms with Crippen molar-refractivity contribution < 1.29 is 27.8 Å². The van der Waals surface area contributed by atoms with E-state index in [1.54, 1.807) is 11.0 Å². The average Bonchev–Trinajstić information content (AvgIpc) is 3.30. The van der Waals surface area contributed by atoms with E-state index in [9.17, 15) is 23.6 Å². The molecule has 2 aliphatic rings. The molecule has 1 atom stereocenters. The molecular formula is C28H27ClF2N4O5. The monoisotopic (exact) mass is 572 g/mol. The molecule has 2 aromatic carbocycles. The van der Waals surface area contributed by atoms with Crippen LogP contribution in [0.5, 0.6) is 11.5 Å². The molecule has 0 N–H and O–H groups in total. The number of rotatable bonds is 3. The zero-order valence-electron chi connectivity index (χ0n) is 22.2. The van der Waals surface area contributed by atoms with Gasteiger partial charge >= 0.3 is 6.09 Å². The van der Waals surface area contributed by atoms with Crippen molar-refractivity contribution in [3.63, 3.8) is 0 Å². The fourth-order valence-electron chi connectivity index (χ4n) is 5.12. The number of hydrogen-bond acceptors (Lipinski definition) is 7. The van der Waals surface area contributed by atoms with E-state index in [4.69, 9.17) is 25.8 Å². The molecule has 3 aromatic rings. The van der Waals surface area contributed by atoms with E-state index in [0.29, 0.717) is 32.4 Å². The van der Waals surface area contributed by atoms with Crippen molar-refractivity contribution in [1.29, 1.82) is 5.26 Å². The fraction of sp³-hybridized carbons (Fsp3) is 0.429.